The molecule has 3 rings (SSSR count). The average molecular weight is 397 g/mol. The van der Waals surface area contributed by atoms with Crippen LogP contribution in [0.4, 0.5) is 11.6 Å². The highest BCUT2D eigenvalue weighted by atomic mass is 35.5. The van der Waals surface area contributed by atoms with Crippen LogP contribution in [0.1, 0.15) is 6.42 Å². The number of methoxy groups -OCH3 is 1. The molecule has 28 heavy (non-hydrogen) atoms. The number of hydrogen-bond donors (Lipinski definition) is 0. The van der Waals surface area contributed by atoms with Gasteiger partial charge in [-0.1, -0.05) is 17.7 Å². The van der Waals surface area contributed by atoms with E-state index in [4.69, 9.17) is 21.3 Å². The van der Waals surface area contributed by atoms with E-state index in [-0.39, 0.29) is 0 Å². The van der Waals surface area contributed by atoms with Gasteiger partial charge >= 0.3 is 0 Å². The molecule has 2 aromatic carbocycles. The first-order valence-electron chi connectivity index (χ1n) is 9.22. The van der Waals surface area contributed by atoms with Gasteiger partial charge in [0.25, 0.3) is 0 Å². The van der Waals surface area contributed by atoms with E-state index in [9.17, 15) is 0 Å². The summed E-state index contributed by atoms with van der Waals surface area (Å²) in [4.78, 5) is 13.6. The van der Waals surface area contributed by atoms with Crippen LogP contribution in [0.3, 0.4) is 0 Å². The van der Waals surface area contributed by atoms with Gasteiger partial charge in [-0.2, -0.15) is 0 Å². The van der Waals surface area contributed by atoms with E-state index in [1.165, 1.54) is 0 Å². The quantitative estimate of drug-likeness (QED) is 0.542. The summed E-state index contributed by atoms with van der Waals surface area (Å²) in [5.41, 5.74) is 2.87. The normalized spacial score (nSPS) is 10.9. The highest BCUT2D eigenvalue weighted by Crippen LogP contribution is 2.27. The smallest absolute Gasteiger partial charge is 0.230 e. The summed E-state index contributed by atoms with van der Waals surface area (Å²) < 4.78 is 5.24. The maximum Gasteiger partial charge on any atom is 0.230 e. The molecule has 0 unspecified atom stereocenters. The minimum atomic E-state index is 0.661. The van der Waals surface area contributed by atoms with Gasteiger partial charge in [0.15, 0.2) is 0 Å². The number of aromatic nitrogens is 2. The summed E-state index contributed by atoms with van der Waals surface area (Å²) in [6.45, 7) is 1.78. The van der Waals surface area contributed by atoms with E-state index in [0.717, 1.165) is 42.2 Å². The molecule has 1 aromatic heterocycles. The molecule has 0 atom stereocenters. The standard InChI is InChI=1S/C22H25ClN4O/c1-26(2)14-5-15-27(19-7-4-6-18(23)16-19)22-24-13-12-21(25-22)17-8-10-20(28-3)11-9-17/h4,6-13,16H,5,14-15H2,1-3H3. The molecule has 0 spiro atoms. The third kappa shape index (κ3) is 5.21. The van der Waals surface area contributed by atoms with Crippen LogP contribution in [-0.2, 0) is 0 Å². The van der Waals surface area contributed by atoms with Crippen LogP contribution >= 0.6 is 11.6 Å². The Morgan fingerprint density at radius 2 is 1.79 bits per heavy atom. The Morgan fingerprint density at radius 1 is 1.00 bits per heavy atom. The van der Waals surface area contributed by atoms with Crippen molar-refractivity contribution in [1.82, 2.24) is 14.9 Å². The van der Waals surface area contributed by atoms with Crippen LogP contribution < -0.4 is 9.64 Å². The Kier molecular flexibility index (Phi) is 6.85. The third-order valence-electron chi connectivity index (χ3n) is 4.38. The van der Waals surface area contributed by atoms with Crippen LogP contribution in [0.5, 0.6) is 5.75 Å². The van der Waals surface area contributed by atoms with Gasteiger partial charge in [-0.15, -0.1) is 0 Å². The van der Waals surface area contributed by atoms with E-state index in [2.05, 4.69) is 28.9 Å². The SMILES string of the molecule is COc1ccc(-c2ccnc(N(CCCN(C)C)c3cccc(Cl)c3)n2)cc1. The van der Waals surface area contributed by atoms with E-state index >= 15 is 0 Å². The van der Waals surface area contributed by atoms with Crippen molar-refractivity contribution in [3.05, 3.63) is 65.8 Å². The molecular weight excluding hydrogens is 372 g/mol. The van der Waals surface area contributed by atoms with Crippen LogP contribution in [0.15, 0.2) is 60.8 Å². The fourth-order valence-corrected chi connectivity index (χ4v) is 3.12. The summed E-state index contributed by atoms with van der Waals surface area (Å²) in [6.07, 6.45) is 2.78. The minimum Gasteiger partial charge on any atom is -0.497 e. The Bertz CT molecular complexity index is 899. The second-order valence-electron chi connectivity index (χ2n) is 6.76. The molecule has 0 fully saturated rings. The van der Waals surface area contributed by atoms with Crippen LogP contribution in [0, 0.1) is 0 Å². The van der Waals surface area contributed by atoms with Crippen molar-refractivity contribution in [2.45, 2.75) is 6.42 Å². The zero-order valence-electron chi connectivity index (χ0n) is 16.5. The lowest BCUT2D eigenvalue weighted by molar-refractivity contribution is 0.402. The maximum absolute atomic E-state index is 6.23. The number of benzene rings is 2. The van der Waals surface area contributed by atoms with Gasteiger partial charge in [0.2, 0.25) is 5.95 Å². The summed E-state index contributed by atoms with van der Waals surface area (Å²) in [5, 5.41) is 0.696. The van der Waals surface area contributed by atoms with E-state index in [1.807, 2.05) is 54.6 Å². The largest absolute Gasteiger partial charge is 0.497 e. The van der Waals surface area contributed by atoms with E-state index in [1.54, 1.807) is 13.3 Å². The van der Waals surface area contributed by atoms with Gasteiger partial charge in [-0.3, -0.25) is 0 Å². The fourth-order valence-electron chi connectivity index (χ4n) is 2.93. The minimum absolute atomic E-state index is 0.661. The third-order valence-corrected chi connectivity index (χ3v) is 4.61. The molecule has 0 aliphatic rings. The van der Waals surface area contributed by atoms with Gasteiger partial charge in [-0.25, -0.2) is 9.97 Å². The number of hydrogen-bond acceptors (Lipinski definition) is 5. The lowest BCUT2D eigenvalue weighted by atomic mass is 10.1. The van der Waals surface area contributed by atoms with Gasteiger partial charge in [0.05, 0.1) is 12.8 Å². The summed E-state index contributed by atoms with van der Waals surface area (Å²) in [5.74, 6) is 1.48. The summed E-state index contributed by atoms with van der Waals surface area (Å²) >= 11 is 6.23. The zero-order chi connectivity index (χ0) is 19.9. The molecule has 3 aromatic rings. The van der Waals surface area contributed by atoms with Crippen molar-refractivity contribution in [2.24, 2.45) is 0 Å². The predicted molar refractivity (Wildman–Crippen MR) is 116 cm³/mol. The lowest BCUT2D eigenvalue weighted by Gasteiger charge is -2.24. The molecule has 1 heterocycles. The first kappa shape index (κ1) is 20.1. The molecule has 0 N–H and O–H groups in total. The molecule has 146 valence electrons. The monoisotopic (exact) mass is 396 g/mol. The van der Waals surface area contributed by atoms with Crippen LogP contribution in [0.2, 0.25) is 5.02 Å². The predicted octanol–water partition coefficient (Wildman–Crippen LogP) is 4.90. The van der Waals surface area contributed by atoms with Crippen LogP contribution in [0.25, 0.3) is 11.3 Å². The molecule has 0 saturated heterocycles. The molecule has 0 amide bonds. The van der Waals surface area contributed by atoms with Crippen molar-refractivity contribution >= 4 is 23.2 Å². The first-order chi connectivity index (χ1) is 13.6. The number of halogens is 1. The number of anilines is 2. The molecule has 0 aliphatic carbocycles. The maximum atomic E-state index is 6.23. The average Bonchev–Trinajstić information content (AvgIpc) is 2.71. The van der Waals surface area contributed by atoms with Gasteiger partial charge in [-0.05, 0) is 75.6 Å². The van der Waals surface area contributed by atoms with Crippen molar-refractivity contribution < 1.29 is 4.74 Å². The second-order valence-corrected chi connectivity index (χ2v) is 7.20. The highest BCUT2D eigenvalue weighted by molar-refractivity contribution is 6.30. The van der Waals surface area contributed by atoms with Crippen molar-refractivity contribution in [1.29, 1.82) is 0 Å². The summed E-state index contributed by atoms with van der Waals surface area (Å²) in [7, 11) is 5.81. The second kappa shape index (κ2) is 9.53. The topological polar surface area (TPSA) is 41.5 Å². The van der Waals surface area contributed by atoms with Crippen molar-refractivity contribution in [3.8, 4) is 17.0 Å². The highest BCUT2D eigenvalue weighted by Gasteiger charge is 2.14. The molecule has 0 saturated carbocycles. The number of rotatable bonds is 8. The lowest BCUT2D eigenvalue weighted by Crippen LogP contribution is -2.24. The molecule has 0 radical (unpaired) electrons. The number of ether oxygens (including phenoxy) is 1. The van der Waals surface area contributed by atoms with E-state index in [0.29, 0.717) is 11.0 Å². The Balaban J connectivity index is 1.92. The van der Waals surface area contributed by atoms with Gasteiger partial charge in [0, 0.05) is 29.0 Å². The van der Waals surface area contributed by atoms with Gasteiger partial charge < -0.3 is 14.5 Å². The molecule has 0 bridgehead atoms. The zero-order valence-corrected chi connectivity index (χ0v) is 17.2. The van der Waals surface area contributed by atoms with E-state index < -0.39 is 0 Å². The Labute approximate surface area is 171 Å². The number of nitrogens with zero attached hydrogens (tertiary/aromatic N) is 4. The first-order valence-corrected chi connectivity index (χ1v) is 9.60. The molecule has 0 aliphatic heterocycles. The summed E-state index contributed by atoms with van der Waals surface area (Å²) in [6, 6.07) is 17.6. The Hall–Kier alpha value is -2.63. The fraction of sp³-hybridized carbons (Fsp3) is 0.273. The van der Waals surface area contributed by atoms with Crippen LogP contribution in [-0.4, -0.2) is 49.2 Å². The van der Waals surface area contributed by atoms with Gasteiger partial charge in [0.1, 0.15) is 5.75 Å². The molecule has 5 nitrogen and oxygen atoms in total. The van der Waals surface area contributed by atoms with Crippen molar-refractivity contribution in [3.63, 3.8) is 0 Å². The Morgan fingerprint density at radius 3 is 2.46 bits per heavy atom. The molecular formula is C22H25ClN4O. The molecule has 6 heteroatoms. The van der Waals surface area contributed by atoms with Crippen molar-refractivity contribution in [2.75, 3.05) is 39.2 Å².